The Morgan fingerprint density at radius 3 is 1.59 bits per heavy atom. The second-order valence-corrected chi connectivity index (χ2v) is 6.56. The van der Waals surface area contributed by atoms with Crippen LogP contribution in [0.3, 0.4) is 0 Å². The number of fused-ring (bicyclic) bond motifs is 10. The SMILES string of the molecule is [Pt+2].[c-]1c2cccc1Cc1cccc(n1)-c1[c-]c(ccc1)-c1cccc(n1)C2. The number of rotatable bonds is 0. The van der Waals surface area contributed by atoms with E-state index in [4.69, 9.17) is 9.97 Å². The van der Waals surface area contributed by atoms with Crippen LogP contribution < -0.4 is 0 Å². The van der Waals surface area contributed by atoms with E-state index in [-0.39, 0.29) is 21.1 Å². The van der Waals surface area contributed by atoms with Crippen LogP contribution in [0.15, 0.2) is 72.8 Å². The van der Waals surface area contributed by atoms with Crippen molar-refractivity contribution in [2.24, 2.45) is 0 Å². The molecule has 4 aromatic rings. The van der Waals surface area contributed by atoms with Crippen LogP contribution in [-0.4, -0.2) is 9.97 Å². The fourth-order valence-corrected chi connectivity index (χ4v) is 3.39. The van der Waals surface area contributed by atoms with Crippen LogP contribution in [0.2, 0.25) is 0 Å². The van der Waals surface area contributed by atoms with Crippen LogP contribution in [0.25, 0.3) is 22.5 Å². The first kappa shape index (κ1) is 17.8. The van der Waals surface area contributed by atoms with Crippen molar-refractivity contribution in [3.63, 3.8) is 0 Å². The van der Waals surface area contributed by atoms with Gasteiger partial charge >= 0.3 is 21.1 Å². The first-order valence-corrected chi connectivity index (χ1v) is 8.78. The zero-order valence-corrected chi connectivity index (χ0v) is 16.8. The first-order chi connectivity index (χ1) is 12.8. The number of pyridine rings is 2. The molecule has 0 atom stereocenters. The van der Waals surface area contributed by atoms with Crippen LogP contribution in [0.4, 0.5) is 0 Å². The fraction of sp³-hybridized carbons (Fsp3) is 0.0833. The van der Waals surface area contributed by atoms with E-state index in [0.29, 0.717) is 0 Å². The number of benzene rings is 2. The fourth-order valence-electron chi connectivity index (χ4n) is 3.39. The third-order valence-corrected chi connectivity index (χ3v) is 4.62. The summed E-state index contributed by atoms with van der Waals surface area (Å²) in [7, 11) is 0. The van der Waals surface area contributed by atoms with E-state index in [1.807, 2.05) is 18.2 Å². The van der Waals surface area contributed by atoms with Gasteiger partial charge in [-0.2, -0.15) is 35.4 Å². The third kappa shape index (κ3) is 3.77. The molecule has 1 aliphatic rings. The van der Waals surface area contributed by atoms with E-state index in [2.05, 4.69) is 66.7 Å². The van der Waals surface area contributed by atoms with Gasteiger partial charge in [0, 0.05) is 22.8 Å². The smallest absolute Gasteiger partial charge is 0.291 e. The van der Waals surface area contributed by atoms with Gasteiger partial charge in [0.2, 0.25) is 0 Å². The van der Waals surface area contributed by atoms with Crippen molar-refractivity contribution in [3.8, 4) is 22.5 Å². The van der Waals surface area contributed by atoms with E-state index in [9.17, 15) is 0 Å². The van der Waals surface area contributed by atoms with Gasteiger partial charge in [0.15, 0.2) is 0 Å². The standard InChI is InChI=1S/C24H16N2.Pt/c1-5-17-13-18(6-1)15-22-10-4-12-24(26-22)20-8-2-7-19(16-20)23-11-3-9-21(14-17)25-23;/h1-12H,14-15H2;/q-2;+2. The van der Waals surface area contributed by atoms with E-state index >= 15 is 0 Å². The van der Waals surface area contributed by atoms with Crippen LogP contribution in [-0.2, 0) is 33.9 Å². The summed E-state index contributed by atoms with van der Waals surface area (Å²) in [5.74, 6) is 0. The van der Waals surface area contributed by atoms with E-state index < -0.39 is 0 Å². The quantitative estimate of drug-likeness (QED) is 0.268. The second-order valence-electron chi connectivity index (χ2n) is 6.56. The summed E-state index contributed by atoms with van der Waals surface area (Å²) in [6.07, 6.45) is 1.55. The number of nitrogens with zero attached hydrogens (tertiary/aromatic N) is 2. The molecule has 3 heteroatoms. The summed E-state index contributed by atoms with van der Waals surface area (Å²) in [6.45, 7) is 0. The predicted molar refractivity (Wildman–Crippen MR) is 103 cm³/mol. The first-order valence-electron chi connectivity index (χ1n) is 8.78. The van der Waals surface area contributed by atoms with Crippen LogP contribution in [0.5, 0.6) is 0 Å². The van der Waals surface area contributed by atoms with Crippen molar-refractivity contribution < 1.29 is 21.1 Å². The van der Waals surface area contributed by atoms with Crippen molar-refractivity contribution in [1.82, 2.24) is 9.97 Å². The molecular formula is C24H16N2Pt. The average Bonchev–Trinajstić information content (AvgIpc) is 2.68. The molecule has 0 N–H and O–H groups in total. The van der Waals surface area contributed by atoms with Gasteiger partial charge in [-0.3, -0.25) is 9.97 Å². The topological polar surface area (TPSA) is 25.8 Å². The molecule has 27 heavy (non-hydrogen) atoms. The van der Waals surface area contributed by atoms with Crippen LogP contribution in [0, 0.1) is 12.1 Å². The minimum atomic E-state index is 0. The zero-order chi connectivity index (χ0) is 17.3. The zero-order valence-electron chi connectivity index (χ0n) is 14.6. The molecule has 0 spiro atoms. The molecule has 1 aliphatic heterocycles. The Kier molecular flexibility index (Phi) is 5.00. The molecule has 8 bridgehead atoms. The van der Waals surface area contributed by atoms with E-state index in [1.54, 1.807) is 0 Å². The van der Waals surface area contributed by atoms with Crippen molar-refractivity contribution in [1.29, 1.82) is 0 Å². The second kappa shape index (κ2) is 7.58. The third-order valence-electron chi connectivity index (χ3n) is 4.62. The minimum absolute atomic E-state index is 0. The molecule has 2 nitrogen and oxygen atoms in total. The van der Waals surface area contributed by atoms with Crippen molar-refractivity contribution >= 4 is 0 Å². The number of hydrogen-bond acceptors (Lipinski definition) is 2. The Bertz CT molecular complexity index is 1020. The van der Waals surface area contributed by atoms with Crippen molar-refractivity contribution in [2.45, 2.75) is 12.8 Å². The summed E-state index contributed by atoms with van der Waals surface area (Å²) in [5, 5.41) is 0. The Balaban J connectivity index is 0.00000180. The molecule has 0 radical (unpaired) electrons. The molecule has 2 aromatic heterocycles. The monoisotopic (exact) mass is 527 g/mol. The summed E-state index contributed by atoms with van der Waals surface area (Å²) in [4.78, 5) is 9.69. The van der Waals surface area contributed by atoms with Gasteiger partial charge in [-0.25, -0.2) is 0 Å². The normalized spacial score (nSPS) is 11.9. The van der Waals surface area contributed by atoms with Gasteiger partial charge < -0.3 is 0 Å². The van der Waals surface area contributed by atoms with Gasteiger partial charge in [-0.05, 0) is 25.0 Å². The van der Waals surface area contributed by atoms with E-state index in [0.717, 1.165) is 57.9 Å². The number of hydrogen-bond donors (Lipinski definition) is 0. The Morgan fingerprint density at radius 2 is 1.04 bits per heavy atom. The summed E-state index contributed by atoms with van der Waals surface area (Å²) < 4.78 is 0. The maximum Gasteiger partial charge on any atom is 2.00 e. The van der Waals surface area contributed by atoms with Crippen LogP contribution >= 0.6 is 0 Å². The molecule has 0 saturated carbocycles. The molecule has 0 fully saturated rings. The van der Waals surface area contributed by atoms with Gasteiger partial charge in [0.25, 0.3) is 0 Å². The summed E-state index contributed by atoms with van der Waals surface area (Å²) >= 11 is 0. The maximum atomic E-state index is 4.85. The molecule has 0 saturated heterocycles. The largest absolute Gasteiger partial charge is 2.00 e. The minimum Gasteiger partial charge on any atom is -0.291 e. The molecule has 132 valence electrons. The molecular weight excluding hydrogens is 511 g/mol. The summed E-state index contributed by atoms with van der Waals surface area (Å²) in [6, 6.07) is 31.8. The number of aromatic nitrogens is 2. The Labute approximate surface area is 173 Å². The van der Waals surface area contributed by atoms with Crippen molar-refractivity contribution in [3.05, 3.63) is 107 Å². The van der Waals surface area contributed by atoms with Gasteiger partial charge in [0.1, 0.15) is 0 Å². The van der Waals surface area contributed by atoms with Gasteiger partial charge in [0.05, 0.1) is 0 Å². The molecule has 2 aromatic carbocycles. The maximum absolute atomic E-state index is 4.85. The molecule has 3 heterocycles. The van der Waals surface area contributed by atoms with E-state index in [1.165, 1.54) is 0 Å². The molecule has 0 unspecified atom stereocenters. The van der Waals surface area contributed by atoms with Crippen molar-refractivity contribution in [2.75, 3.05) is 0 Å². The molecule has 0 aliphatic carbocycles. The van der Waals surface area contributed by atoms with Gasteiger partial charge in [-0.15, -0.1) is 24.3 Å². The predicted octanol–water partition coefficient (Wildman–Crippen LogP) is 4.90. The Morgan fingerprint density at radius 1 is 0.556 bits per heavy atom. The summed E-state index contributed by atoms with van der Waals surface area (Å²) in [5.41, 5.74) is 8.25. The average molecular weight is 527 g/mol. The Hall–Kier alpha value is -2.57. The molecule has 0 amide bonds. The van der Waals surface area contributed by atoms with Gasteiger partial charge in [-0.1, -0.05) is 35.4 Å². The van der Waals surface area contributed by atoms with Crippen LogP contribution in [0.1, 0.15) is 22.5 Å². The molecule has 5 rings (SSSR count).